The van der Waals surface area contributed by atoms with Crippen LogP contribution in [0.2, 0.25) is 0 Å². The highest BCUT2D eigenvalue weighted by Gasteiger charge is 2.37. The Balaban J connectivity index is 1.19. The maximum Gasteiger partial charge on any atom is 0.160 e. The average molecular weight is 607 g/mol. The van der Waals surface area contributed by atoms with Gasteiger partial charge in [0.2, 0.25) is 0 Å². The third-order valence-corrected chi connectivity index (χ3v) is 10.7. The van der Waals surface area contributed by atoms with Crippen molar-refractivity contribution < 1.29 is 0 Å². The van der Waals surface area contributed by atoms with E-state index in [9.17, 15) is 0 Å². The molecule has 46 heavy (non-hydrogen) atoms. The minimum Gasteiger partial charge on any atom is -0.228 e. The molecule has 0 fully saturated rings. The number of hydrogen-bond donors (Lipinski definition) is 0. The van der Waals surface area contributed by atoms with E-state index in [0.717, 1.165) is 39.5 Å². The first-order valence-electron chi connectivity index (χ1n) is 15.7. The fourth-order valence-electron chi connectivity index (χ4n) is 7.13. The summed E-state index contributed by atoms with van der Waals surface area (Å²) >= 11 is 1.92. The van der Waals surface area contributed by atoms with E-state index in [1.807, 2.05) is 23.5 Å². The molecular weight excluding hydrogens is 577 g/mol. The van der Waals surface area contributed by atoms with Gasteiger partial charge in [0.05, 0.1) is 11.4 Å². The number of fused-ring (bicyclic) bond motifs is 7. The summed E-state index contributed by atoms with van der Waals surface area (Å²) in [5.74, 6) is 0.724. The molecule has 9 rings (SSSR count). The normalized spacial score (nSPS) is 13.2. The summed E-state index contributed by atoms with van der Waals surface area (Å²) in [4.78, 5) is 10.2. The Labute approximate surface area is 272 Å². The van der Waals surface area contributed by atoms with Crippen LogP contribution in [0.5, 0.6) is 0 Å². The average Bonchev–Trinajstić information content (AvgIpc) is 3.61. The van der Waals surface area contributed by atoms with Gasteiger partial charge in [0.15, 0.2) is 5.82 Å². The van der Waals surface area contributed by atoms with E-state index in [-0.39, 0.29) is 5.41 Å². The van der Waals surface area contributed by atoms with Crippen LogP contribution in [-0.4, -0.2) is 9.97 Å². The summed E-state index contributed by atoms with van der Waals surface area (Å²) in [6.07, 6.45) is 0. The zero-order valence-corrected chi connectivity index (χ0v) is 26.5. The van der Waals surface area contributed by atoms with Crippen LogP contribution in [0.15, 0.2) is 146 Å². The van der Waals surface area contributed by atoms with Crippen molar-refractivity contribution in [1.29, 1.82) is 0 Å². The summed E-state index contributed by atoms with van der Waals surface area (Å²) in [6, 6.07) is 52.0. The van der Waals surface area contributed by atoms with Crippen molar-refractivity contribution in [3.8, 4) is 56.2 Å². The molecule has 0 aliphatic heterocycles. The summed E-state index contributed by atoms with van der Waals surface area (Å²) in [5.41, 5.74) is 12.8. The highest BCUT2D eigenvalue weighted by Crippen LogP contribution is 2.54. The predicted molar refractivity (Wildman–Crippen MR) is 194 cm³/mol. The molecule has 218 valence electrons. The number of nitrogens with zero attached hydrogens (tertiary/aromatic N) is 2. The molecule has 1 aliphatic rings. The van der Waals surface area contributed by atoms with Gasteiger partial charge in [0.25, 0.3) is 0 Å². The van der Waals surface area contributed by atoms with Crippen LogP contribution in [0.3, 0.4) is 0 Å². The third kappa shape index (κ3) is 4.23. The standard InChI is InChI=1S/C43H30N2S/c1-43(2)35-22-20-30(25-34(35)40-36(43)23-21-33-32-18-9-10-19-39(32)46-41(33)40)29-16-11-17-31(24-29)42-44-37(27-12-5-3-6-13-27)26-38(45-42)28-14-7-4-8-15-28/h3-26H,1-2H3. The van der Waals surface area contributed by atoms with Crippen LogP contribution in [0, 0.1) is 0 Å². The van der Waals surface area contributed by atoms with E-state index in [2.05, 4.69) is 147 Å². The van der Waals surface area contributed by atoms with Gasteiger partial charge in [-0.3, -0.25) is 0 Å². The molecule has 3 heteroatoms. The van der Waals surface area contributed by atoms with Gasteiger partial charge in [-0.2, -0.15) is 0 Å². The van der Waals surface area contributed by atoms with Gasteiger partial charge in [-0.1, -0.05) is 135 Å². The summed E-state index contributed by atoms with van der Waals surface area (Å²) in [5, 5.41) is 2.69. The zero-order chi connectivity index (χ0) is 30.8. The van der Waals surface area contributed by atoms with E-state index in [0.29, 0.717) is 0 Å². The molecule has 0 atom stereocenters. The van der Waals surface area contributed by atoms with Gasteiger partial charge in [-0.05, 0) is 52.1 Å². The minimum absolute atomic E-state index is 0.0605. The van der Waals surface area contributed by atoms with Gasteiger partial charge >= 0.3 is 0 Å². The number of hydrogen-bond acceptors (Lipinski definition) is 3. The highest BCUT2D eigenvalue weighted by molar-refractivity contribution is 7.26. The van der Waals surface area contributed by atoms with Gasteiger partial charge in [0, 0.05) is 47.8 Å². The maximum atomic E-state index is 5.09. The van der Waals surface area contributed by atoms with Crippen molar-refractivity contribution in [2.24, 2.45) is 0 Å². The lowest BCUT2D eigenvalue weighted by molar-refractivity contribution is 0.661. The molecule has 1 aliphatic carbocycles. The Morgan fingerprint density at radius 3 is 1.83 bits per heavy atom. The molecule has 0 saturated carbocycles. The number of aromatic nitrogens is 2. The lowest BCUT2D eigenvalue weighted by Gasteiger charge is -2.21. The summed E-state index contributed by atoms with van der Waals surface area (Å²) in [7, 11) is 0. The number of benzene rings is 6. The van der Waals surface area contributed by atoms with Gasteiger partial charge in [-0.25, -0.2) is 9.97 Å². The van der Waals surface area contributed by atoms with E-state index < -0.39 is 0 Å². The summed E-state index contributed by atoms with van der Waals surface area (Å²) < 4.78 is 2.73. The van der Waals surface area contributed by atoms with Crippen LogP contribution in [0.4, 0.5) is 0 Å². The second kappa shape index (κ2) is 10.3. The summed E-state index contributed by atoms with van der Waals surface area (Å²) in [6.45, 7) is 4.72. The van der Waals surface area contributed by atoms with Crippen LogP contribution < -0.4 is 0 Å². The Bertz CT molecular complexity index is 2380. The Morgan fingerprint density at radius 1 is 0.478 bits per heavy atom. The van der Waals surface area contributed by atoms with E-state index in [1.54, 1.807) is 0 Å². The molecule has 6 aromatic carbocycles. The third-order valence-electron chi connectivity index (χ3n) is 9.50. The Morgan fingerprint density at radius 2 is 1.09 bits per heavy atom. The predicted octanol–water partition coefficient (Wildman–Crippen LogP) is 11.8. The van der Waals surface area contributed by atoms with Gasteiger partial charge in [0.1, 0.15) is 0 Å². The molecule has 0 spiro atoms. The topological polar surface area (TPSA) is 25.8 Å². The molecule has 0 bridgehead atoms. The molecule has 0 unspecified atom stereocenters. The molecule has 2 aromatic heterocycles. The number of rotatable bonds is 4. The molecule has 2 nitrogen and oxygen atoms in total. The lowest BCUT2D eigenvalue weighted by Crippen LogP contribution is -2.14. The van der Waals surface area contributed by atoms with Crippen molar-refractivity contribution in [3.63, 3.8) is 0 Å². The van der Waals surface area contributed by atoms with Crippen LogP contribution >= 0.6 is 11.3 Å². The fraction of sp³-hybridized carbons (Fsp3) is 0.0698. The van der Waals surface area contributed by atoms with Crippen molar-refractivity contribution >= 4 is 31.5 Å². The van der Waals surface area contributed by atoms with Crippen LogP contribution in [0.25, 0.3) is 76.3 Å². The molecule has 0 saturated heterocycles. The van der Waals surface area contributed by atoms with Crippen molar-refractivity contribution in [2.45, 2.75) is 19.3 Å². The van der Waals surface area contributed by atoms with Crippen LogP contribution in [-0.2, 0) is 5.41 Å². The van der Waals surface area contributed by atoms with E-state index in [1.165, 1.54) is 48.0 Å². The smallest absolute Gasteiger partial charge is 0.160 e. The first kappa shape index (κ1) is 27.0. The maximum absolute atomic E-state index is 5.09. The SMILES string of the molecule is CC1(C)c2ccc(-c3cccc(-c4nc(-c5ccccc5)cc(-c5ccccc5)n4)c3)cc2-c2c1ccc1c2sc2ccccc21. The first-order chi connectivity index (χ1) is 22.5. The largest absolute Gasteiger partial charge is 0.228 e. The van der Waals surface area contributed by atoms with Gasteiger partial charge in [-0.15, -0.1) is 11.3 Å². The molecule has 0 amide bonds. The second-order valence-corrected chi connectivity index (χ2v) is 13.7. The van der Waals surface area contributed by atoms with Crippen molar-refractivity contribution in [2.75, 3.05) is 0 Å². The van der Waals surface area contributed by atoms with Crippen molar-refractivity contribution in [1.82, 2.24) is 9.97 Å². The highest BCUT2D eigenvalue weighted by atomic mass is 32.1. The Hall–Kier alpha value is -5.38. The molecule has 8 aromatic rings. The van der Waals surface area contributed by atoms with Crippen LogP contribution in [0.1, 0.15) is 25.0 Å². The molecule has 2 heterocycles. The fourth-order valence-corrected chi connectivity index (χ4v) is 8.39. The monoisotopic (exact) mass is 606 g/mol. The van der Waals surface area contributed by atoms with Gasteiger partial charge < -0.3 is 0 Å². The lowest BCUT2D eigenvalue weighted by atomic mass is 9.82. The first-order valence-corrected chi connectivity index (χ1v) is 16.6. The zero-order valence-electron chi connectivity index (χ0n) is 25.7. The molecule has 0 N–H and O–H groups in total. The quantitative estimate of drug-likeness (QED) is 0.199. The van der Waals surface area contributed by atoms with Crippen molar-refractivity contribution in [3.05, 3.63) is 157 Å². The molecular formula is C43H30N2S. The second-order valence-electron chi connectivity index (χ2n) is 12.6. The minimum atomic E-state index is -0.0605. The van der Waals surface area contributed by atoms with E-state index >= 15 is 0 Å². The van der Waals surface area contributed by atoms with E-state index in [4.69, 9.17) is 9.97 Å². The molecule has 0 radical (unpaired) electrons. The Kier molecular flexibility index (Phi) is 6.06. The number of thiophene rings is 1.